The number of amides is 1. The van der Waals surface area contributed by atoms with Crippen LogP contribution >= 0.6 is 0 Å². The molecule has 1 atom stereocenters. The monoisotopic (exact) mass is 350 g/mol. The van der Waals surface area contributed by atoms with Gasteiger partial charge in [-0.25, -0.2) is 4.39 Å². The lowest BCUT2D eigenvalue weighted by atomic mass is 9.95. The standard InChI is InChI=1S/C19H27FN2O3/c1-3-21(13-19(24)25)15-8-10-22(11-9-15)18(23)12-14(2)16-6-4-5-7-17(16)20/h4-7,14-15H,3,8-13H2,1-2H3,(H,24,25). The number of aliphatic carboxylic acids is 1. The topological polar surface area (TPSA) is 60.9 Å². The van der Waals surface area contributed by atoms with Crippen LogP contribution in [0.3, 0.4) is 0 Å². The number of halogens is 1. The van der Waals surface area contributed by atoms with Crippen molar-refractivity contribution < 1.29 is 19.1 Å². The molecule has 1 aliphatic heterocycles. The molecule has 1 aliphatic rings. The Hall–Kier alpha value is -1.95. The Kier molecular flexibility index (Phi) is 6.93. The van der Waals surface area contributed by atoms with Gasteiger partial charge < -0.3 is 10.0 Å². The van der Waals surface area contributed by atoms with Gasteiger partial charge in [-0.15, -0.1) is 0 Å². The zero-order chi connectivity index (χ0) is 18.4. The van der Waals surface area contributed by atoms with E-state index in [2.05, 4.69) is 0 Å². The number of benzene rings is 1. The van der Waals surface area contributed by atoms with E-state index in [4.69, 9.17) is 5.11 Å². The summed E-state index contributed by atoms with van der Waals surface area (Å²) < 4.78 is 13.8. The highest BCUT2D eigenvalue weighted by Crippen LogP contribution is 2.24. The second-order valence-corrected chi connectivity index (χ2v) is 6.70. The molecule has 1 heterocycles. The Bertz CT molecular complexity index is 600. The largest absolute Gasteiger partial charge is 0.480 e. The van der Waals surface area contributed by atoms with Gasteiger partial charge in [-0.1, -0.05) is 32.0 Å². The number of hydrogen-bond donors (Lipinski definition) is 1. The van der Waals surface area contributed by atoms with E-state index in [1.807, 2.05) is 23.6 Å². The molecular weight excluding hydrogens is 323 g/mol. The van der Waals surface area contributed by atoms with Crippen molar-refractivity contribution >= 4 is 11.9 Å². The Morgan fingerprint density at radius 2 is 1.96 bits per heavy atom. The molecule has 1 N–H and O–H groups in total. The van der Waals surface area contributed by atoms with Crippen LogP contribution in [0.1, 0.15) is 44.6 Å². The van der Waals surface area contributed by atoms with Crippen molar-refractivity contribution in [3.05, 3.63) is 35.6 Å². The fourth-order valence-corrected chi connectivity index (χ4v) is 3.53. The number of rotatable bonds is 7. The first-order valence-electron chi connectivity index (χ1n) is 8.90. The molecule has 25 heavy (non-hydrogen) atoms. The molecule has 2 rings (SSSR count). The van der Waals surface area contributed by atoms with E-state index in [9.17, 15) is 14.0 Å². The third kappa shape index (κ3) is 5.26. The normalized spacial score (nSPS) is 16.9. The predicted molar refractivity (Wildman–Crippen MR) is 93.9 cm³/mol. The van der Waals surface area contributed by atoms with Gasteiger partial charge in [-0.3, -0.25) is 14.5 Å². The molecule has 0 aliphatic carbocycles. The number of hydrogen-bond acceptors (Lipinski definition) is 3. The Labute approximate surface area is 148 Å². The summed E-state index contributed by atoms with van der Waals surface area (Å²) in [7, 11) is 0. The molecule has 1 aromatic carbocycles. The lowest BCUT2D eigenvalue weighted by molar-refractivity contribution is -0.140. The molecule has 6 heteroatoms. The molecule has 0 spiro atoms. The minimum absolute atomic E-state index is 0.0375. The van der Waals surface area contributed by atoms with Crippen LogP contribution in [0.5, 0.6) is 0 Å². The van der Waals surface area contributed by atoms with Gasteiger partial charge in [0.25, 0.3) is 0 Å². The molecule has 1 fully saturated rings. The lowest BCUT2D eigenvalue weighted by Crippen LogP contribution is -2.48. The third-order valence-corrected chi connectivity index (χ3v) is 5.00. The summed E-state index contributed by atoms with van der Waals surface area (Å²) in [5.74, 6) is -1.21. The molecule has 5 nitrogen and oxygen atoms in total. The maximum absolute atomic E-state index is 13.8. The van der Waals surface area contributed by atoms with Gasteiger partial charge in [-0.05, 0) is 36.9 Å². The zero-order valence-electron chi connectivity index (χ0n) is 14.9. The van der Waals surface area contributed by atoms with Crippen molar-refractivity contribution in [2.75, 3.05) is 26.2 Å². The predicted octanol–water partition coefficient (Wildman–Crippen LogP) is 2.72. The molecule has 1 amide bonds. The number of carbonyl (C=O) groups excluding carboxylic acids is 1. The van der Waals surface area contributed by atoms with Crippen molar-refractivity contribution in [3.8, 4) is 0 Å². The minimum Gasteiger partial charge on any atom is -0.480 e. The van der Waals surface area contributed by atoms with Gasteiger partial charge >= 0.3 is 5.97 Å². The van der Waals surface area contributed by atoms with Crippen LogP contribution in [0, 0.1) is 5.82 Å². The fraction of sp³-hybridized carbons (Fsp3) is 0.579. The highest BCUT2D eigenvalue weighted by atomic mass is 19.1. The van der Waals surface area contributed by atoms with Crippen molar-refractivity contribution in [1.82, 2.24) is 9.80 Å². The van der Waals surface area contributed by atoms with E-state index < -0.39 is 5.97 Å². The lowest BCUT2D eigenvalue weighted by Gasteiger charge is -2.37. The van der Waals surface area contributed by atoms with E-state index in [0.29, 0.717) is 25.2 Å². The van der Waals surface area contributed by atoms with E-state index in [0.717, 1.165) is 12.8 Å². The van der Waals surface area contributed by atoms with Crippen LogP contribution in [-0.4, -0.2) is 59.0 Å². The van der Waals surface area contributed by atoms with E-state index in [1.54, 1.807) is 18.2 Å². The first kappa shape index (κ1) is 19.4. The smallest absolute Gasteiger partial charge is 0.317 e. The van der Waals surface area contributed by atoms with E-state index >= 15 is 0 Å². The first-order chi connectivity index (χ1) is 11.9. The van der Waals surface area contributed by atoms with Crippen molar-refractivity contribution in [2.24, 2.45) is 0 Å². The fourth-order valence-electron chi connectivity index (χ4n) is 3.53. The average molecular weight is 350 g/mol. The molecule has 0 radical (unpaired) electrons. The molecule has 1 unspecified atom stereocenters. The van der Waals surface area contributed by atoms with Crippen molar-refractivity contribution in [3.63, 3.8) is 0 Å². The summed E-state index contributed by atoms with van der Waals surface area (Å²) in [6, 6.07) is 6.78. The van der Waals surface area contributed by atoms with Crippen molar-refractivity contribution in [2.45, 2.75) is 45.1 Å². The van der Waals surface area contributed by atoms with Crippen molar-refractivity contribution in [1.29, 1.82) is 0 Å². The second kappa shape index (κ2) is 8.94. The number of likely N-dealkylation sites (N-methyl/N-ethyl adjacent to an activating group) is 1. The quantitative estimate of drug-likeness (QED) is 0.821. The number of carbonyl (C=O) groups is 2. The van der Waals surface area contributed by atoms with E-state index in [-0.39, 0.29) is 36.6 Å². The summed E-state index contributed by atoms with van der Waals surface area (Å²) in [5.41, 5.74) is 0.573. The van der Waals surface area contributed by atoms with Crippen LogP contribution in [-0.2, 0) is 9.59 Å². The summed E-state index contributed by atoms with van der Waals surface area (Å²) in [5, 5.41) is 8.98. The number of nitrogens with zero attached hydrogens (tertiary/aromatic N) is 2. The maximum atomic E-state index is 13.8. The molecule has 138 valence electrons. The minimum atomic E-state index is -0.820. The van der Waals surface area contributed by atoms with Crippen LogP contribution < -0.4 is 0 Å². The Balaban J connectivity index is 1.87. The summed E-state index contributed by atoms with van der Waals surface area (Å²) in [6.45, 7) is 5.81. The van der Waals surface area contributed by atoms with Gasteiger partial charge in [0, 0.05) is 25.6 Å². The van der Waals surface area contributed by atoms with Crippen LogP contribution in [0.25, 0.3) is 0 Å². The number of carboxylic acids is 1. The van der Waals surface area contributed by atoms with E-state index in [1.165, 1.54) is 6.07 Å². The maximum Gasteiger partial charge on any atom is 0.317 e. The van der Waals surface area contributed by atoms with Crippen LogP contribution in [0.2, 0.25) is 0 Å². The number of carboxylic acid groups (broad SMARTS) is 1. The third-order valence-electron chi connectivity index (χ3n) is 5.00. The SMILES string of the molecule is CCN(CC(=O)O)C1CCN(C(=O)CC(C)c2ccccc2F)CC1. The Morgan fingerprint density at radius 1 is 1.32 bits per heavy atom. The molecule has 1 aromatic rings. The number of likely N-dealkylation sites (tertiary alicyclic amines) is 1. The first-order valence-corrected chi connectivity index (χ1v) is 8.90. The molecular formula is C19H27FN2O3. The second-order valence-electron chi connectivity index (χ2n) is 6.70. The van der Waals surface area contributed by atoms with Gasteiger partial charge in [0.2, 0.25) is 5.91 Å². The highest BCUT2D eigenvalue weighted by Gasteiger charge is 2.28. The Morgan fingerprint density at radius 3 is 2.52 bits per heavy atom. The van der Waals surface area contributed by atoms with Crippen LogP contribution in [0.4, 0.5) is 4.39 Å². The summed E-state index contributed by atoms with van der Waals surface area (Å²) in [6.07, 6.45) is 1.85. The van der Waals surface area contributed by atoms with Gasteiger partial charge in [0.1, 0.15) is 5.82 Å². The van der Waals surface area contributed by atoms with Gasteiger partial charge in [-0.2, -0.15) is 0 Å². The highest BCUT2D eigenvalue weighted by molar-refractivity contribution is 5.77. The zero-order valence-corrected chi connectivity index (χ0v) is 14.9. The summed E-state index contributed by atoms with van der Waals surface area (Å²) in [4.78, 5) is 27.2. The van der Waals surface area contributed by atoms with Gasteiger partial charge in [0.05, 0.1) is 6.54 Å². The molecule has 0 saturated carbocycles. The number of piperidine rings is 1. The molecule has 1 saturated heterocycles. The van der Waals surface area contributed by atoms with Crippen LogP contribution in [0.15, 0.2) is 24.3 Å². The molecule has 0 bridgehead atoms. The average Bonchev–Trinajstić information content (AvgIpc) is 2.60. The van der Waals surface area contributed by atoms with Gasteiger partial charge in [0.15, 0.2) is 0 Å². The molecule has 0 aromatic heterocycles. The summed E-state index contributed by atoms with van der Waals surface area (Å²) >= 11 is 0.